The van der Waals surface area contributed by atoms with Crippen molar-refractivity contribution in [1.29, 1.82) is 0 Å². The fraction of sp³-hybridized carbons (Fsp3) is 0.350. The van der Waals surface area contributed by atoms with Gasteiger partial charge < -0.3 is 14.8 Å². The third kappa shape index (κ3) is 5.78. The first-order valence-electron chi connectivity index (χ1n) is 8.35. The van der Waals surface area contributed by atoms with Crippen LogP contribution >= 0.6 is 0 Å². The highest BCUT2D eigenvalue weighted by Gasteiger charge is 2.20. The summed E-state index contributed by atoms with van der Waals surface area (Å²) in [4.78, 5) is 14.2. The Kier molecular flexibility index (Phi) is 6.02. The summed E-state index contributed by atoms with van der Waals surface area (Å²) in [5.41, 5.74) is 1.72. The summed E-state index contributed by atoms with van der Waals surface area (Å²) in [6.07, 6.45) is 3.68. The van der Waals surface area contributed by atoms with Gasteiger partial charge in [0.05, 0.1) is 6.54 Å². The van der Waals surface area contributed by atoms with Gasteiger partial charge in [0, 0.05) is 30.5 Å². The zero-order chi connectivity index (χ0) is 18.4. The van der Waals surface area contributed by atoms with Crippen LogP contribution < -0.4 is 5.32 Å². The lowest BCUT2D eigenvalue weighted by Crippen LogP contribution is -2.48. The highest BCUT2D eigenvalue weighted by Crippen LogP contribution is 2.12. The molecule has 0 bridgehead atoms. The Bertz CT molecular complexity index is 713. The van der Waals surface area contributed by atoms with Crippen molar-refractivity contribution in [2.45, 2.75) is 39.4 Å². The number of amides is 2. The van der Waals surface area contributed by atoms with Gasteiger partial charge in [0.2, 0.25) is 0 Å². The first kappa shape index (κ1) is 18.8. The first-order valence-corrected chi connectivity index (χ1v) is 8.35. The van der Waals surface area contributed by atoms with E-state index in [9.17, 15) is 9.18 Å². The highest BCUT2D eigenvalue weighted by molar-refractivity contribution is 5.75. The number of urea groups is 1. The van der Waals surface area contributed by atoms with Gasteiger partial charge >= 0.3 is 6.03 Å². The molecule has 0 atom stereocenters. The molecule has 2 aromatic rings. The van der Waals surface area contributed by atoms with Crippen LogP contribution in [-0.2, 0) is 13.1 Å². The van der Waals surface area contributed by atoms with Crippen molar-refractivity contribution in [1.82, 2.24) is 14.8 Å². The number of hydrogen-bond donors (Lipinski definition) is 1. The van der Waals surface area contributed by atoms with Gasteiger partial charge in [0.25, 0.3) is 0 Å². The number of carbonyl (C=O) groups excluding carboxylic acids is 1. The lowest BCUT2D eigenvalue weighted by Gasteiger charge is -2.28. The minimum Gasteiger partial charge on any atom is -0.345 e. The SMILES string of the molecule is C=CCN(Cc1cccn1Cc1ccc(F)cc1)C(=O)NC(C)(C)C. The molecule has 1 heterocycles. The fourth-order valence-electron chi connectivity index (χ4n) is 2.50. The lowest BCUT2D eigenvalue weighted by molar-refractivity contribution is 0.190. The van der Waals surface area contributed by atoms with Gasteiger partial charge in [0.1, 0.15) is 5.82 Å². The molecule has 25 heavy (non-hydrogen) atoms. The van der Waals surface area contributed by atoms with E-state index in [2.05, 4.69) is 16.5 Å². The van der Waals surface area contributed by atoms with Gasteiger partial charge in [-0.2, -0.15) is 0 Å². The van der Waals surface area contributed by atoms with E-state index in [1.807, 2.05) is 39.1 Å². The maximum absolute atomic E-state index is 13.1. The summed E-state index contributed by atoms with van der Waals surface area (Å²) in [5, 5.41) is 2.98. The van der Waals surface area contributed by atoms with Crippen molar-refractivity contribution in [3.63, 3.8) is 0 Å². The Balaban J connectivity index is 2.12. The summed E-state index contributed by atoms with van der Waals surface area (Å²) in [7, 11) is 0. The van der Waals surface area contributed by atoms with E-state index < -0.39 is 0 Å². The largest absolute Gasteiger partial charge is 0.345 e. The minimum atomic E-state index is -0.299. The Labute approximate surface area is 149 Å². The third-order valence-corrected chi connectivity index (χ3v) is 3.66. The van der Waals surface area contributed by atoms with E-state index in [-0.39, 0.29) is 17.4 Å². The Morgan fingerprint density at radius 1 is 1.28 bits per heavy atom. The number of nitrogens with one attached hydrogen (secondary N) is 1. The van der Waals surface area contributed by atoms with Crippen LogP contribution in [0.5, 0.6) is 0 Å². The first-order chi connectivity index (χ1) is 11.8. The maximum Gasteiger partial charge on any atom is 0.318 e. The van der Waals surface area contributed by atoms with Gasteiger partial charge in [-0.3, -0.25) is 0 Å². The number of halogens is 1. The van der Waals surface area contributed by atoms with Crippen LogP contribution in [0.2, 0.25) is 0 Å². The maximum atomic E-state index is 13.1. The normalized spacial score (nSPS) is 11.2. The molecule has 0 aliphatic heterocycles. The van der Waals surface area contributed by atoms with E-state index in [0.717, 1.165) is 11.3 Å². The van der Waals surface area contributed by atoms with Crippen LogP contribution in [-0.4, -0.2) is 27.6 Å². The summed E-state index contributed by atoms with van der Waals surface area (Å²) in [6.45, 7) is 11.2. The van der Waals surface area contributed by atoms with Crippen molar-refractivity contribution in [2.24, 2.45) is 0 Å². The zero-order valence-electron chi connectivity index (χ0n) is 15.1. The molecule has 0 spiro atoms. The van der Waals surface area contributed by atoms with E-state index in [0.29, 0.717) is 19.6 Å². The molecule has 1 aromatic carbocycles. The minimum absolute atomic E-state index is 0.123. The molecule has 1 aromatic heterocycles. The van der Waals surface area contributed by atoms with Crippen LogP contribution in [0, 0.1) is 5.82 Å². The van der Waals surface area contributed by atoms with Gasteiger partial charge in [0.15, 0.2) is 0 Å². The standard InChI is InChI=1S/C20H26FN3O/c1-5-12-24(19(25)22-20(2,3)4)15-18-7-6-13-23(18)14-16-8-10-17(21)11-9-16/h5-11,13H,1,12,14-15H2,2-4H3,(H,22,25). The molecule has 0 radical (unpaired) electrons. The van der Waals surface area contributed by atoms with E-state index in [1.165, 1.54) is 12.1 Å². The number of benzene rings is 1. The molecule has 0 aliphatic carbocycles. The molecule has 1 N–H and O–H groups in total. The van der Waals surface area contributed by atoms with Gasteiger partial charge in [-0.25, -0.2) is 9.18 Å². The fourth-order valence-corrected chi connectivity index (χ4v) is 2.50. The molecular weight excluding hydrogens is 317 g/mol. The number of nitrogens with zero attached hydrogens (tertiary/aromatic N) is 2. The molecule has 0 unspecified atom stereocenters. The second kappa shape index (κ2) is 8.01. The quantitative estimate of drug-likeness (QED) is 0.785. The van der Waals surface area contributed by atoms with Crippen LogP contribution in [0.1, 0.15) is 32.0 Å². The van der Waals surface area contributed by atoms with Crippen molar-refractivity contribution in [3.8, 4) is 0 Å². The number of carbonyl (C=O) groups is 1. The Hall–Kier alpha value is -2.56. The topological polar surface area (TPSA) is 37.3 Å². The Morgan fingerprint density at radius 2 is 1.96 bits per heavy atom. The number of hydrogen-bond acceptors (Lipinski definition) is 1. The highest BCUT2D eigenvalue weighted by atomic mass is 19.1. The predicted molar refractivity (Wildman–Crippen MR) is 98.8 cm³/mol. The second-order valence-electron chi connectivity index (χ2n) is 7.10. The van der Waals surface area contributed by atoms with Crippen molar-refractivity contribution in [3.05, 3.63) is 72.3 Å². The average Bonchev–Trinajstić information content (AvgIpc) is 2.94. The average molecular weight is 343 g/mol. The molecule has 134 valence electrons. The van der Waals surface area contributed by atoms with Crippen LogP contribution in [0.25, 0.3) is 0 Å². The molecule has 4 nitrogen and oxygen atoms in total. The zero-order valence-corrected chi connectivity index (χ0v) is 15.1. The van der Waals surface area contributed by atoms with Crippen LogP contribution in [0.3, 0.4) is 0 Å². The van der Waals surface area contributed by atoms with Gasteiger partial charge in [-0.05, 0) is 50.6 Å². The summed E-state index contributed by atoms with van der Waals surface area (Å²) < 4.78 is 15.1. The molecule has 0 aliphatic rings. The molecule has 0 saturated heterocycles. The monoisotopic (exact) mass is 343 g/mol. The molecule has 2 rings (SSSR count). The van der Waals surface area contributed by atoms with Crippen LogP contribution in [0.4, 0.5) is 9.18 Å². The predicted octanol–water partition coefficient (Wildman–Crippen LogP) is 4.17. The van der Waals surface area contributed by atoms with Crippen molar-refractivity contribution in [2.75, 3.05) is 6.54 Å². The molecule has 2 amide bonds. The Morgan fingerprint density at radius 3 is 2.56 bits per heavy atom. The van der Waals surface area contributed by atoms with Crippen LogP contribution in [0.15, 0.2) is 55.3 Å². The lowest BCUT2D eigenvalue weighted by atomic mass is 10.1. The smallest absolute Gasteiger partial charge is 0.318 e. The molecule has 5 heteroatoms. The van der Waals surface area contributed by atoms with E-state index in [1.54, 1.807) is 23.1 Å². The number of aromatic nitrogens is 1. The summed E-state index contributed by atoms with van der Waals surface area (Å²) in [6, 6.07) is 10.3. The van der Waals surface area contributed by atoms with Crippen molar-refractivity contribution < 1.29 is 9.18 Å². The molecule has 0 saturated carbocycles. The van der Waals surface area contributed by atoms with Gasteiger partial charge in [-0.15, -0.1) is 6.58 Å². The number of rotatable bonds is 6. The van der Waals surface area contributed by atoms with E-state index in [4.69, 9.17) is 0 Å². The van der Waals surface area contributed by atoms with Crippen molar-refractivity contribution >= 4 is 6.03 Å². The third-order valence-electron chi connectivity index (χ3n) is 3.66. The summed E-state index contributed by atoms with van der Waals surface area (Å²) >= 11 is 0. The van der Waals surface area contributed by atoms with Gasteiger partial charge in [-0.1, -0.05) is 18.2 Å². The van der Waals surface area contributed by atoms with E-state index >= 15 is 0 Å². The second-order valence-corrected chi connectivity index (χ2v) is 7.10. The molecular formula is C20H26FN3O. The summed E-state index contributed by atoms with van der Waals surface area (Å²) in [5.74, 6) is -0.243. The molecule has 0 fully saturated rings.